The van der Waals surface area contributed by atoms with Gasteiger partial charge in [0.25, 0.3) is 20.2 Å². The predicted octanol–water partition coefficient (Wildman–Crippen LogP) is 6.00. The van der Waals surface area contributed by atoms with Crippen molar-refractivity contribution < 1.29 is 46.4 Å². The van der Waals surface area contributed by atoms with Gasteiger partial charge in [-0.2, -0.15) is 37.3 Å². The largest absolute Gasteiger partial charge is 0.504 e. The van der Waals surface area contributed by atoms with Gasteiger partial charge in [-0.05, 0) is 59.7 Å². The number of aromatic hydroxyl groups is 4. The molecule has 4 aromatic carbocycles. The van der Waals surface area contributed by atoms with Crippen molar-refractivity contribution in [3.05, 3.63) is 83.9 Å². The SMILES string of the molecule is O=S(=O)(O)c1cc(N=Nc2ccc(O)c(O)c2)ccc1/C=C\c1ccc(N=Nc2ccc(O)c(O)c2)cc1S(=O)(=O)O. The number of rotatable bonds is 8. The molecule has 0 radical (unpaired) electrons. The molecule has 4 aromatic rings. The van der Waals surface area contributed by atoms with Gasteiger partial charge in [0.05, 0.1) is 22.7 Å². The van der Waals surface area contributed by atoms with E-state index in [0.29, 0.717) is 0 Å². The summed E-state index contributed by atoms with van der Waals surface area (Å²) in [5, 5.41) is 53.3. The van der Waals surface area contributed by atoms with Gasteiger partial charge >= 0.3 is 0 Å². The smallest absolute Gasteiger partial charge is 0.295 e. The molecule has 0 unspecified atom stereocenters. The van der Waals surface area contributed by atoms with Crippen molar-refractivity contribution in [3.8, 4) is 23.0 Å². The minimum Gasteiger partial charge on any atom is -0.504 e. The molecule has 0 bridgehead atoms. The maximum Gasteiger partial charge on any atom is 0.295 e. The first-order chi connectivity index (χ1) is 19.7. The molecule has 0 aromatic heterocycles. The molecule has 0 aliphatic carbocycles. The van der Waals surface area contributed by atoms with Crippen molar-refractivity contribution in [2.75, 3.05) is 0 Å². The molecule has 4 rings (SSSR count). The van der Waals surface area contributed by atoms with Crippen LogP contribution in [0.1, 0.15) is 11.1 Å². The van der Waals surface area contributed by atoms with Gasteiger partial charge in [0.1, 0.15) is 9.79 Å². The van der Waals surface area contributed by atoms with E-state index >= 15 is 0 Å². The Labute approximate surface area is 238 Å². The molecule has 0 spiro atoms. The third kappa shape index (κ3) is 7.32. The second-order valence-corrected chi connectivity index (χ2v) is 11.3. The van der Waals surface area contributed by atoms with Crippen molar-refractivity contribution in [2.24, 2.45) is 20.5 Å². The predicted molar refractivity (Wildman–Crippen MR) is 149 cm³/mol. The van der Waals surface area contributed by atoms with Crippen molar-refractivity contribution in [2.45, 2.75) is 9.79 Å². The van der Waals surface area contributed by atoms with Crippen LogP contribution >= 0.6 is 0 Å². The first kappa shape index (κ1) is 29.8. The minimum atomic E-state index is -4.79. The zero-order valence-corrected chi connectivity index (χ0v) is 22.6. The van der Waals surface area contributed by atoms with E-state index in [4.69, 9.17) is 0 Å². The summed E-state index contributed by atoms with van der Waals surface area (Å²) < 4.78 is 67.8. The van der Waals surface area contributed by atoms with Crippen LogP contribution in [0.4, 0.5) is 22.7 Å². The number of benzene rings is 4. The van der Waals surface area contributed by atoms with Crippen LogP contribution in [0, 0.1) is 0 Å². The highest BCUT2D eigenvalue weighted by Gasteiger charge is 2.18. The Kier molecular flexibility index (Phi) is 8.34. The Morgan fingerprint density at radius 1 is 0.452 bits per heavy atom. The Hall–Kier alpha value is -5.16. The monoisotopic (exact) mass is 612 g/mol. The highest BCUT2D eigenvalue weighted by atomic mass is 32.2. The van der Waals surface area contributed by atoms with Crippen LogP contribution in [0.3, 0.4) is 0 Å². The Balaban J connectivity index is 1.66. The summed E-state index contributed by atoms with van der Waals surface area (Å²) in [7, 11) is -9.59. The zero-order chi connectivity index (χ0) is 30.7. The van der Waals surface area contributed by atoms with Gasteiger partial charge in [-0.15, -0.1) is 0 Å². The first-order valence-corrected chi connectivity index (χ1v) is 14.4. The fourth-order valence-corrected chi connectivity index (χ4v) is 4.86. The average Bonchev–Trinajstić information content (AvgIpc) is 2.92. The van der Waals surface area contributed by atoms with Crippen LogP contribution in [0.25, 0.3) is 12.2 Å². The molecule has 42 heavy (non-hydrogen) atoms. The van der Waals surface area contributed by atoms with Gasteiger partial charge < -0.3 is 20.4 Å². The van der Waals surface area contributed by atoms with Crippen molar-refractivity contribution in [1.29, 1.82) is 0 Å². The van der Waals surface area contributed by atoms with Crippen LogP contribution in [0.5, 0.6) is 23.0 Å². The molecule has 0 aliphatic heterocycles. The molecule has 6 N–H and O–H groups in total. The van der Waals surface area contributed by atoms with Crippen LogP contribution in [0.15, 0.2) is 103 Å². The van der Waals surface area contributed by atoms with Gasteiger partial charge in [0, 0.05) is 12.1 Å². The molecular weight excluding hydrogens is 592 g/mol. The Morgan fingerprint density at radius 2 is 0.762 bits per heavy atom. The Morgan fingerprint density at radius 3 is 1.07 bits per heavy atom. The topological polar surface area (TPSA) is 239 Å². The van der Waals surface area contributed by atoms with Gasteiger partial charge in [0.15, 0.2) is 23.0 Å². The molecule has 0 heterocycles. The quantitative estimate of drug-likeness (QED) is 0.0586. The van der Waals surface area contributed by atoms with Crippen molar-refractivity contribution >= 4 is 55.1 Å². The number of phenols is 4. The molecule has 14 nitrogen and oxygen atoms in total. The lowest BCUT2D eigenvalue weighted by atomic mass is 10.1. The first-order valence-electron chi connectivity index (χ1n) is 11.5. The van der Waals surface area contributed by atoms with E-state index in [1.54, 1.807) is 0 Å². The zero-order valence-electron chi connectivity index (χ0n) is 21.0. The van der Waals surface area contributed by atoms with Gasteiger partial charge in [-0.25, -0.2) is 0 Å². The Bertz CT molecular complexity index is 1850. The van der Waals surface area contributed by atoms with E-state index in [2.05, 4.69) is 20.5 Å². The van der Waals surface area contributed by atoms with Gasteiger partial charge in [-0.1, -0.05) is 24.3 Å². The lowest BCUT2D eigenvalue weighted by molar-refractivity contribution is 0.404. The highest BCUT2D eigenvalue weighted by molar-refractivity contribution is 7.86. The summed E-state index contributed by atoms with van der Waals surface area (Å²) in [6.07, 6.45) is 2.37. The normalized spacial score (nSPS) is 12.5. The van der Waals surface area contributed by atoms with Crippen LogP contribution < -0.4 is 0 Å². The van der Waals surface area contributed by atoms with E-state index in [0.717, 1.165) is 24.3 Å². The van der Waals surface area contributed by atoms with E-state index in [9.17, 15) is 46.4 Å². The van der Waals surface area contributed by atoms with E-state index in [-0.39, 0.29) is 45.4 Å². The molecule has 0 amide bonds. The van der Waals surface area contributed by atoms with Crippen molar-refractivity contribution in [1.82, 2.24) is 0 Å². The third-order valence-electron chi connectivity index (χ3n) is 5.47. The summed E-state index contributed by atoms with van der Waals surface area (Å²) in [5.41, 5.74) is 0.173. The highest BCUT2D eigenvalue weighted by Crippen LogP contribution is 2.33. The second kappa shape index (κ2) is 11.8. The fraction of sp³-hybridized carbons (Fsp3) is 0. The van der Waals surface area contributed by atoms with Gasteiger partial charge in [0.2, 0.25) is 0 Å². The maximum absolute atomic E-state index is 12.1. The standard InChI is InChI=1S/C26H20N4O10S2/c31-21-9-7-17(11-23(21)33)27-29-19-5-3-15(25(13-19)41(35,36)37)1-2-16-4-6-20(14-26(16)42(38,39)40)30-28-18-8-10-22(32)24(34)12-18/h1-14,31-34H,(H,35,36,37)(H,38,39,40)/b2-1-,29-27?,30-28?. The molecule has 0 saturated heterocycles. The van der Waals surface area contributed by atoms with Gasteiger partial charge in [-0.3, -0.25) is 9.11 Å². The number of hydrogen-bond donors (Lipinski definition) is 6. The molecule has 0 fully saturated rings. The molecule has 0 aliphatic rings. The molecule has 16 heteroatoms. The lowest BCUT2D eigenvalue weighted by Crippen LogP contribution is -2.01. The third-order valence-corrected chi connectivity index (χ3v) is 7.29. The number of nitrogens with zero attached hydrogens (tertiary/aromatic N) is 4. The lowest BCUT2D eigenvalue weighted by Gasteiger charge is -2.06. The number of hydrogen-bond acceptors (Lipinski definition) is 12. The van der Waals surface area contributed by atoms with E-state index in [1.807, 2.05) is 0 Å². The van der Waals surface area contributed by atoms with E-state index in [1.165, 1.54) is 60.7 Å². The van der Waals surface area contributed by atoms with Crippen LogP contribution in [-0.4, -0.2) is 46.4 Å². The second-order valence-electron chi connectivity index (χ2n) is 8.47. The summed E-state index contributed by atoms with van der Waals surface area (Å²) >= 11 is 0. The summed E-state index contributed by atoms with van der Waals surface area (Å²) in [6, 6.07) is 14.6. The fourth-order valence-electron chi connectivity index (χ4n) is 3.45. The number of phenolic OH excluding ortho intramolecular Hbond substituents is 4. The summed E-state index contributed by atoms with van der Waals surface area (Å²) in [4.78, 5) is -1.17. The van der Waals surface area contributed by atoms with Crippen LogP contribution in [-0.2, 0) is 20.2 Å². The minimum absolute atomic E-state index is 0.00243. The summed E-state index contributed by atoms with van der Waals surface area (Å²) in [5.74, 6) is -1.62. The molecule has 0 saturated carbocycles. The molecule has 216 valence electrons. The van der Waals surface area contributed by atoms with E-state index < -0.39 is 41.5 Å². The van der Waals surface area contributed by atoms with Crippen LogP contribution in [0.2, 0.25) is 0 Å². The summed E-state index contributed by atoms with van der Waals surface area (Å²) in [6.45, 7) is 0. The molecular formula is C26H20N4O10S2. The molecule has 0 atom stereocenters. The van der Waals surface area contributed by atoms with Crippen molar-refractivity contribution in [3.63, 3.8) is 0 Å². The average molecular weight is 613 g/mol. The maximum atomic E-state index is 12.1. The number of azo groups is 2.